The van der Waals surface area contributed by atoms with Crippen LogP contribution in [0.4, 0.5) is 0 Å². The molecule has 1 nitrogen and oxygen atoms in total. The number of aliphatic hydroxyl groups excluding tert-OH is 1. The first kappa shape index (κ1) is 11.2. The fourth-order valence-corrected chi connectivity index (χ4v) is 2.73. The molecule has 1 N–H and O–H groups in total. The number of rotatable bonds is 5. The minimum Gasteiger partial charge on any atom is -0.393 e. The van der Waals surface area contributed by atoms with Crippen LogP contribution in [0.15, 0.2) is 15.9 Å². The Bertz CT molecular complexity index is 247. The van der Waals surface area contributed by atoms with Crippen LogP contribution in [0.5, 0.6) is 0 Å². The van der Waals surface area contributed by atoms with Gasteiger partial charge in [0, 0.05) is 4.88 Å². The zero-order valence-electron chi connectivity index (χ0n) is 7.79. The molecule has 74 valence electrons. The van der Waals surface area contributed by atoms with E-state index in [-0.39, 0.29) is 6.10 Å². The molecule has 0 fully saturated rings. The van der Waals surface area contributed by atoms with Gasteiger partial charge in [-0.15, -0.1) is 11.3 Å². The molecular weight excluding hydrogens is 248 g/mol. The molecular formula is C10H15BrOS. The molecule has 1 aromatic rings. The minimum absolute atomic E-state index is 0.108. The molecule has 0 bridgehead atoms. The van der Waals surface area contributed by atoms with Gasteiger partial charge in [0.2, 0.25) is 0 Å². The largest absolute Gasteiger partial charge is 0.393 e. The van der Waals surface area contributed by atoms with Crippen molar-refractivity contribution in [3.05, 3.63) is 20.8 Å². The Morgan fingerprint density at radius 2 is 2.31 bits per heavy atom. The first-order chi connectivity index (χ1) is 6.22. The zero-order valence-corrected chi connectivity index (χ0v) is 10.2. The molecule has 0 spiro atoms. The van der Waals surface area contributed by atoms with E-state index in [2.05, 4.69) is 28.1 Å². The van der Waals surface area contributed by atoms with Crippen molar-refractivity contribution in [2.24, 2.45) is 0 Å². The molecule has 0 aliphatic rings. The molecule has 0 amide bonds. The Labute approximate surface area is 91.9 Å². The van der Waals surface area contributed by atoms with Crippen molar-refractivity contribution in [2.75, 3.05) is 0 Å². The third-order valence-corrected chi connectivity index (χ3v) is 3.74. The van der Waals surface area contributed by atoms with Crippen LogP contribution >= 0.6 is 27.3 Å². The van der Waals surface area contributed by atoms with Crippen molar-refractivity contribution in [2.45, 2.75) is 38.7 Å². The van der Waals surface area contributed by atoms with E-state index >= 15 is 0 Å². The second kappa shape index (κ2) is 5.78. The highest BCUT2D eigenvalue weighted by atomic mass is 79.9. The molecule has 1 aromatic heterocycles. The highest BCUT2D eigenvalue weighted by molar-refractivity contribution is 9.11. The quantitative estimate of drug-likeness (QED) is 0.860. The molecule has 1 rings (SSSR count). The molecule has 0 aliphatic carbocycles. The van der Waals surface area contributed by atoms with Gasteiger partial charge in [0.15, 0.2) is 0 Å². The van der Waals surface area contributed by atoms with Crippen molar-refractivity contribution >= 4 is 27.3 Å². The average Bonchev–Trinajstić information content (AvgIpc) is 2.51. The number of thiophene rings is 1. The zero-order chi connectivity index (χ0) is 9.68. The molecule has 13 heavy (non-hydrogen) atoms. The summed E-state index contributed by atoms with van der Waals surface area (Å²) < 4.78 is 1.19. The maximum atomic E-state index is 9.34. The molecule has 0 radical (unpaired) electrons. The van der Waals surface area contributed by atoms with Crippen LogP contribution in [0.3, 0.4) is 0 Å². The van der Waals surface area contributed by atoms with E-state index < -0.39 is 0 Å². The minimum atomic E-state index is -0.108. The van der Waals surface area contributed by atoms with Crippen LogP contribution in [0.2, 0.25) is 0 Å². The van der Waals surface area contributed by atoms with Gasteiger partial charge in [-0.1, -0.05) is 6.92 Å². The molecule has 1 unspecified atom stereocenters. The molecule has 0 saturated heterocycles. The van der Waals surface area contributed by atoms with E-state index in [9.17, 15) is 5.11 Å². The average molecular weight is 263 g/mol. The van der Waals surface area contributed by atoms with Gasteiger partial charge in [-0.2, -0.15) is 0 Å². The number of hydrogen-bond donors (Lipinski definition) is 1. The van der Waals surface area contributed by atoms with Crippen LogP contribution < -0.4 is 0 Å². The summed E-state index contributed by atoms with van der Waals surface area (Å²) in [5.74, 6) is 0. The highest BCUT2D eigenvalue weighted by Crippen LogP contribution is 2.23. The van der Waals surface area contributed by atoms with Gasteiger partial charge in [-0.05, 0) is 53.7 Å². The van der Waals surface area contributed by atoms with Gasteiger partial charge < -0.3 is 5.11 Å². The Hall–Kier alpha value is 0.140. The van der Waals surface area contributed by atoms with Crippen molar-refractivity contribution < 1.29 is 5.11 Å². The van der Waals surface area contributed by atoms with E-state index in [1.54, 1.807) is 11.3 Å². The van der Waals surface area contributed by atoms with Crippen LogP contribution in [0, 0.1) is 0 Å². The lowest BCUT2D eigenvalue weighted by molar-refractivity contribution is 0.158. The monoisotopic (exact) mass is 262 g/mol. The normalized spacial score (nSPS) is 13.2. The lowest BCUT2D eigenvalue weighted by Gasteiger charge is -2.05. The standard InChI is InChI=1S/C10H15BrOS/c1-2-8(12)4-3-5-9-6-7-10(11)13-9/h6-8,12H,2-5H2,1H3. The Morgan fingerprint density at radius 1 is 1.54 bits per heavy atom. The predicted octanol–water partition coefficient (Wildman–Crippen LogP) is 3.60. The summed E-state index contributed by atoms with van der Waals surface area (Å²) in [6, 6.07) is 4.23. The Balaban J connectivity index is 2.20. The molecule has 0 aliphatic heterocycles. The summed E-state index contributed by atoms with van der Waals surface area (Å²) in [6.45, 7) is 2.02. The molecule has 1 heterocycles. The Morgan fingerprint density at radius 3 is 2.85 bits per heavy atom. The smallest absolute Gasteiger partial charge is 0.0701 e. The summed E-state index contributed by atoms with van der Waals surface area (Å²) in [4.78, 5) is 1.40. The van der Waals surface area contributed by atoms with Gasteiger partial charge in [-0.25, -0.2) is 0 Å². The molecule has 0 aromatic carbocycles. The van der Waals surface area contributed by atoms with Crippen molar-refractivity contribution in [1.29, 1.82) is 0 Å². The summed E-state index contributed by atoms with van der Waals surface area (Å²) in [7, 11) is 0. The summed E-state index contributed by atoms with van der Waals surface area (Å²) >= 11 is 5.22. The third kappa shape index (κ3) is 4.25. The SMILES string of the molecule is CCC(O)CCCc1ccc(Br)s1. The maximum absolute atomic E-state index is 9.34. The fourth-order valence-electron chi connectivity index (χ4n) is 1.20. The van der Waals surface area contributed by atoms with E-state index in [1.165, 1.54) is 8.66 Å². The molecule has 1 atom stereocenters. The lowest BCUT2D eigenvalue weighted by Crippen LogP contribution is -2.03. The van der Waals surface area contributed by atoms with Gasteiger partial charge in [-0.3, -0.25) is 0 Å². The summed E-state index contributed by atoms with van der Waals surface area (Å²) in [5, 5.41) is 9.34. The first-order valence-electron chi connectivity index (χ1n) is 4.64. The van der Waals surface area contributed by atoms with Crippen molar-refractivity contribution in [3.8, 4) is 0 Å². The van der Waals surface area contributed by atoms with Crippen LogP contribution in [-0.4, -0.2) is 11.2 Å². The third-order valence-electron chi connectivity index (χ3n) is 2.06. The second-order valence-corrected chi connectivity index (χ2v) is 5.71. The number of halogens is 1. The topological polar surface area (TPSA) is 20.2 Å². The van der Waals surface area contributed by atoms with Crippen molar-refractivity contribution in [1.82, 2.24) is 0 Å². The van der Waals surface area contributed by atoms with E-state index in [1.807, 2.05) is 6.92 Å². The molecule has 0 saturated carbocycles. The summed E-state index contributed by atoms with van der Waals surface area (Å²) in [6.07, 6.45) is 3.86. The number of aryl methyl sites for hydroxylation is 1. The predicted molar refractivity (Wildman–Crippen MR) is 61.3 cm³/mol. The van der Waals surface area contributed by atoms with E-state index in [0.717, 1.165) is 25.7 Å². The van der Waals surface area contributed by atoms with Gasteiger partial charge in [0.1, 0.15) is 0 Å². The van der Waals surface area contributed by atoms with Gasteiger partial charge >= 0.3 is 0 Å². The Kier molecular flexibility index (Phi) is 4.99. The summed E-state index contributed by atoms with van der Waals surface area (Å²) in [5.41, 5.74) is 0. The second-order valence-electron chi connectivity index (χ2n) is 3.16. The van der Waals surface area contributed by atoms with Crippen LogP contribution in [0.25, 0.3) is 0 Å². The number of aliphatic hydroxyl groups is 1. The molecule has 3 heteroatoms. The van der Waals surface area contributed by atoms with E-state index in [4.69, 9.17) is 0 Å². The number of hydrogen-bond acceptors (Lipinski definition) is 2. The van der Waals surface area contributed by atoms with Crippen LogP contribution in [0.1, 0.15) is 31.1 Å². The van der Waals surface area contributed by atoms with E-state index in [0.29, 0.717) is 0 Å². The van der Waals surface area contributed by atoms with Gasteiger partial charge in [0.05, 0.1) is 9.89 Å². The lowest BCUT2D eigenvalue weighted by atomic mass is 10.1. The first-order valence-corrected chi connectivity index (χ1v) is 6.25. The maximum Gasteiger partial charge on any atom is 0.0701 e. The van der Waals surface area contributed by atoms with Crippen LogP contribution in [-0.2, 0) is 6.42 Å². The fraction of sp³-hybridized carbons (Fsp3) is 0.600. The van der Waals surface area contributed by atoms with Gasteiger partial charge in [0.25, 0.3) is 0 Å². The van der Waals surface area contributed by atoms with Crippen molar-refractivity contribution in [3.63, 3.8) is 0 Å². The highest BCUT2D eigenvalue weighted by Gasteiger charge is 2.02.